The Hall–Kier alpha value is -3.60. The summed E-state index contributed by atoms with van der Waals surface area (Å²) in [4.78, 5) is 0. The van der Waals surface area contributed by atoms with Crippen molar-refractivity contribution in [2.45, 2.75) is 32.6 Å². The van der Waals surface area contributed by atoms with Crippen LogP contribution in [0, 0.1) is 6.92 Å². The second-order valence-electron chi connectivity index (χ2n) is 8.51. The number of aromatic hydroxyl groups is 1. The molecule has 5 rings (SSSR count). The van der Waals surface area contributed by atoms with Gasteiger partial charge in [0.2, 0.25) is 5.75 Å². The van der Waals surface area contributed by atoms with Crippen LogP contribution in [0.4, 0.5) is 0 Å². The first-order valence-electron chi connectivity index (χ1n) is 11.7. The molecule has 5 heteroatoms. The quantitative estimate of drug-likeness (QED) is 0.384. The summed E-state index contributed by atoms with van der Waals surface area (Å²) in [7, 11) is 4.92. The fourth-order valence-corrected chi connectivity index (χ4v) is 5.26. The van der Waals surface area contributed by atoms with E-state index in [1.165, 1.54) is 29.7 Å². The molecule has 0 atom stereocenters. The van der Waals surface area contributed by atoms with E-state index in [4.69, 9.17) is 20.8 Å². The maximum absolute atomic E-state index is 7.40. The standard InChI is InChI=1S/C28H29NO4/c1-17-21-9-5-6-10-22(21)27(19-14-25(31-2)28(33-4)26(15-19)32-3)29(17)24-11-7-8-18-12-13-20(30)16-23(18)24/h7-8,11-16,30H,5-6,9-10H2,1-4H3/i/hD. The lowest BCUT2D eigenvalue weighted by molar-refractivity contribution is 0.324. The molecule has 1 aromatic heterocycles. The third-order valence-electron chi connectivity index (χ3n) is 6.76. The number of phenols is 1. The number of hydrogen-bond acceptors (Lipinski definition) is 4. The van der Waals surface area contributed by atoms with Crippen LogP contribution >= 0.6 is 0 Å². The van der Waals surface area contributed by atoms with Gasteiger partial charge in [0, 0.05) is 16.6 Å². The summed E-state index contributed by atoms with van der Waals surface area (Å²) >= 11 is 0. The predicted octanol–water partition coefficient (Wildman–Crippen LogP) is 6.22. The first-order valence-corrected chi connectivity index (χ1v) is 11.3. The Morgan fingerprint density at radius 2 is 1.61 bits per heavy atom. The van der Waals surface area contributed by atoms with Gasteiger partial charge in [-0.2, -0.15) is 0 Å². The van der Waals surface area contributed by atoms with E-state index in [9.17, 15) is 0 Å². The normalized spacial score (nSPS) is 13.4. The molecule has 0 radical (unpaired) electrons. The fraction of sp³-hybridized carbons (Fsp3) is 0.286. The second kappa shape index (κ2) is 8.39. The molecule has 0 fully saturated rings. The van der Waals surface area contributed by atoms with E-state index in [1.54, 1.807) is 21.3 Å². The lowest BCUT2D eigenvalue weighted by atomic mass is 9.90. The molecule has 170 valence electrons. The first kappa shape index (κ1) is 20.0. The summed E-state index contributed by atoms with van der Waals surface area (Å²) in [6.07, 6.45) is 4.46. The Morgan fingerprint density at radius 3 is 2.27 bits per heavy atom. The van der Waals surface area contributed by atoms with Crippen molar-refractivity contribution in [3.05, 3.63) is 65.4 Å². The van der Waals surface area contributed by atoms with Crippen molar-refractivity contribution in [3.63, 3.8) is 0 Å². The van der Waals surface area contributed by atoms with Crippen molar-refractivity contribution in [3.8, 4) is 39.9 Å². The number of fused-ring (bicyclic) bond motifs is 2. The molecule has 0 aliphatic heterocycles. The third-order valence-corrected chi connectivity index (χ3v) is 6.76. The molecule has 4 aromatic rings. The van der Waals surface area contributed by atoms with E-state index in [0.29, 0.717) is 23.0 Å². The number of benzene rings is 3. The predicted molar refractivity (Wildman–Crippen MR) is 131 cm³/mol. The zero-order valence-electron chi connectivity index (χ0n) is 20.5. The number of nitrogens with zero attached hydrogens (tertiary/aromatic N) is 1. The lowest BCUT2D eigenvalue weighted by Crippen LogP contribution is -2.03. The van der Waals surface area contributed by atoms with Gasteiger partial charge in [-0.3, -0.25) is 0 Å². The minimum absolute atomic E-state index is 0.517. The molecule has 0 spiro atoms. The van der Waals surface area contributed by atoms with Gasteiger partial charge in [0.1, 0.15) is 5.75 Å². The van der Waals surface area contributed by atoms with E-state index < -0.39 is 0 Å². The lowest BCUT2D eigenvalue weighted by Gasteiger charge is -2.19. The Bertz CT molecular complexity index is 1350. The van der Waals surface area contributed by atoms with Crippen LogP contribution in [-0.2, 0) is 12.8 Å². The zero-order chi connectivity index (χ0) is 23.8. The molecule has 33 heavy (non-hydrogen) atoms. The number of hydrogen-bond donors (Lipinski definition) is 1. The molecule has 0 amide bonds. The van der Waals surface area contributed by atoms with Crippen LogP contribution in [0.3, 0.4) is 0 Å². The largest absolute Gasteiger partial charge is 0.508 e. The number of aromatic nitrogens is 1. The van der Waals surface area contributed by atoms with Gasteiger partial charge < -0.3 is 23.9 Å². The van der Waals surface area contributed by atoms with Crippen LogP contribution in [0.25, 0.3) is 27.7 Å². The summed E-state index contributed by atoms with van der Waals surface area (Å²) in [5.41, 5.74) is 7.26. The van der Waals surface area contributed by atoms with E-state index in [-0.39, 0.29) is 0 Å². The van der Waals surface area contributed by atoms with Gasteiger partial charge in [-0.25, -0.2) is 0 Å². The summed E-state index contributed by atoms with van der Waals surface area (Å²) in [6.45, 7) is 2.20. The maximum Gasteiger partial charge on any atom is 0.293 e. The van der Waals surface area contributed by atoms with Crippen LogP contribution < -0.4 is 14.2 Å². The Morgan fingerprint density at radius 1 is 0.879 bits per heavy atom. The van der Waals surface area contributed by atoms with Crippen LogP contribution in [-0.4, -0.2) is 32.4 Å². The van der Waals surface area contributed by atoms with Gasteiger partial charge in [0.05, 0.1) is 32.7 Å². The molecule has 0 saturated heterocycles. The average molecular weight is 445 g/mol. The molecular weight excluding hydrogens is 414 g/mol. The molecule has 0 unspecified atom stereocenters. The topological polar surface area (TPSA) is 52.9 Å². The highest BCUT2D eigenvalue weighted by atomic mass is 16.5. The Kier molecular flexibility index (Phi) is 5.10. The molecule has 1 aliphatic carbocycles. The van der Waals surface area contributed by atoms with E-state index in [2.05, 4.69) is 29.7 Å². The fourth-order valence-electron chi connectivity index (χ4n) is 5.26. The van der Waals surface area contributed by atoms with E-state index >= 15 is 0 Å². The minimum Gasteiger partial charge on any atom is -0.508 e. The van der Waals surface area contributed by atoms with Crippen molar-refractivity contribution < 1.29 is 19.3 Å². The van der Waals surface area contributed by atoms with Crippen molar-refractivity contribution in [1.29, 1.82) is 1.43 Å². The van der Waals surface area contributed by atoms with Gasteiger partial charge in [0.25, 0.3) is 1.43 Å². The number of methoxy groups -OCH3 is 3. The summed E-state index contributed by atoms with van der Waals surface area (Å²) in [5.74, 6) is 2.37. The molecule has 1 aliphatic rings. The first-order chi connectivity index (χ1) is 16.6. The highest BCUT2D eigenvalue weighted by molar-refractivity contribution is 5.93. The van der Waals surface area contributed by atoms with Crippen molar-refractivity contribution in [1.82, 2.24) is 4.57 Å². The van der Waals surface area contributed by atoms with Crippen molar-refractivity contribution in [2.75, 3.05) is 21.3 Å². The van der Waals surface area contributed by atoms with Gasteiger partial charge in [-0.15, -0.1) is 0 Å². The van der Waals surface area contributed by atoms with Crippen molar-refractivity contribution >= 4 is 10.8 Å². The van der Waals surface area contributed by atoms with Crippen LogP contribution in [0.5, 0.6) is 23.0 Å². The zero-order valence-corrected chi connectivity index (χ0v) is 19.5. The Labute approximate surface area is 195 Å². The van der Waals surface area contributed by atoms with Gasteiger partial charge in [-0.1, -0.05) is 18.2 Å². The van der Waals surface area contributed by atoms with E-state index in [1.807, 2.05) is 30.3 Å². The van der Waals surface area contributed by atoms with Crippen LogP contribution in [0.1, 0.15) is 29.7 Å². The van der Waals surface area contributed by atoms with Crippen LogP contribution in [0.2, 0.25) is 0 Å². The minimum atomic E-state index is 0.517. The van der Waals surface area contributed by atoms with Crippen molar-refractivity contribution in [2.24, 2.45) is 0 Å². The molecular formula is C28H29NO4. The van der Waals surface area contributed by atoms with Gasteiger partial charge in [-0.05, 0) is 79.5 Å². The number of phenolic OH excluding ortho intramolecular Hbond substituents is 1. The maximum atomic E-state index is 7.40. The average Bonchev–Trinajstić information content (AvgIpc) is 3.19. The summed E-state index contributed by atoms with van der Waals surface area (Å²) in [5, 5.41) is 6.96. The SMILES string of the molecule is [2H]Oc1ccc2cccc(-n3c(C)c4c(c3-c3cc(OC)c(OC)c(OC)c3)CCCC4)c2c1. The second-order valence-corrected chi connectivity index (χ2v) is 8.51. The number of ether oxygens (including phenoxy) is 3. The Balaban J connectivity index is 1.86. The van der Waals surface area contributed by atoms with Gasteiger partial charge in [0.15, 0.2) is 11.5 Å². The number of rotatable bonds is 6. The highest BCUT2D eigenvalue weighted by Crippen LogP contribution is 2.45. The molecule has 1 heterocycles. The molecule has 5 nitrogen and oxygen atoms in total. The smallest absolute Gasteiger partial charge is 0.293 e. The molecule has 0 saturated carbocycles. The summed E-state index contributed by atoms with van der Waals surface area (Å²) in [6, 6.07) is 16.1. The third kappa shape index (κ3) is 3.39. The van der Waals surface area contributed by atoms with Crippen LogP contribution in [0.15, 0.2) is 48.5 Å². The summed E-state index contributed by atoms with van der Waals surface area (Å²) < 4.78 is 26.7. The highest BCUT2D eigenvalue weighted by Gasteiger charge is 2.27. The molecule has 0 bridgehead atoms. The van der Waals surface area contributed by atoms with E-state index in [0.717, 1.165) is 40.6 Å². The monoisotopic (exact) mass is 444 g/mol. The van der Waals surface area contributed by atoms with Gasteiger partial charge >= 0.3 is 0 Å². The molecule has 1 N–H and O–H groups in total. The molecule has 3 aromatic carbocycles.